The second-order valence-electron chi connectivity index (χ2n) is 3.86. The topological polar surface area (TPSA) is 78.7 Å². The molecule has 1 rings (SSSR count). The summed E-state index contributed by atoms with van der Waals surface area (Å²) in [5.41, 5.74) is -0.0818. The van der Waals surface area contributed by atoms with Gasteiger partial charge in [0.15, 0.2) is 6.61 Å². The number of carbonyl (C=O) groups is 1. The van der Waals surface area contributed by atoms with Gasteiger partial charge in [-0.25, -0.2) is 4.79 Å². The highest BCUT2D eigenvalue weighted by molar-refractivity contribution is 9.11. The lowest BCUT2D eigenvalue weighted by Gasteiger charge is -2.10. The summed E-state index contributed by atoms with van der Waals surface area (Å²) in [5.74, 6) is -0.154. The largest absolute Gasteiger partial charge is 0.480 e. The molecule has 20 heavy (non-hydrogen) atoms. The Hall–Kier alpha value is -1.15. The fourth-order valence-electron chi connectivity index (χ4n) is 1.29. The number of rotatable bonds is 7. The highest BCUT2D eigenvalue weighted by Gasteiger charge is 2.16. The molecule has 0 radical (unpaired) electrons. The van der Waals surface area contributed by atoms with Crippen molar-refractivity contribution in [2.24, 2.45) is 0 Å². The summed E-state index contributed by atoms with van der Waals surface area (Å²) in [6.45, 7) is 2.11. The molecule has 0 heterocycles. The van der Waals surface area contributed by atoms with Gasteiger partial charge in [0.1, 0.15) is 5.75 Å². The molecule has 0 saturated carbocycles. The Morgan fingerprint density at radius 3 is 2.45 bits per heavy atom. The summed E-state index contributed by atoms with van der Waals surface area (Å²) >= 11 is 6.34. The van der Waals surface area contributed by atoms with Gasteiger partial charge in [0.2, 0.25) is 0 Å². The smallest absolute Gasteiger partial charge is 0.344 e. The van der Waals surface area contributed by atoms with Crippen molar-refractivity contribution in [1.29, 1.82) is 0 Å². The molecule has 0 N–H and O–H groups in total. The van der Waals surface area contributed by atoms with Crippen LogP contribution in [0, 0.1) is 10.1 Å². The molecule has 0 aliphatic rings. The Labute approximate surface area is 132 Å². The fraction of sp³-hybridized carbons (Fsp3) is 0.417. The maximum Gasteiger partial charge on any atom is 0.344 e. The molecule has 0 amide bonds. The molecule has 0 atom stereocenters. The van der Waals surface area contributed by atoms with E-state index < -0.39 is 10.9 Å². The fourth-order valence-corrected chi connectivity index (χ4v) is 2.68. The first-order valence-corrected chi connectivity index (χ1v) is 7.46. The number of benzene rings is 1. The molecule has 0 unspecified atom stereocenters. The van der Waals surface area contributed by atoms with Gasteiger partial charge in [0.25, 0.3) is 5.69 Å². The summed E-state index contributed by atoms with van der Waals surface area (Å²) in [5, 5.41) is 10.7. The summed E-state index contributed by atoms with van der Waals surface area (Å²) in [6.07, 6.45) is 1.74. The van der Waals surface area contributed by atoms with Gasteiger partial charge in [0.05, 0.1) is 20.5 Å². The van der Waals surface area contributed by atoms with E-state index in [1.807, 2.05) is 6.92 Å². The monoisotopic (exact) mass is 409 g/mol. The number of nitrogens with zero attached hydrogens (tertiary/aromatic N) is 1. The first-order chi connectivity index (χ1) is 9.45. The molecular formula is C12H13Br2NO5. The van der Waals surface area contributed by atoms with Crippen LogP contribution < -0.4 is 4.74 Å². The van der Waals surface area contributed by atoms with E-state index in [9.17, 15) is 14.9 Å². The van der Waals surface area contributed by atoms with Crippen LogP contribution in [0.5, 0.6) is 5.75 Å². The third-order valence-electron chi connectivity index (χ3n) is 2.29. The van der Waals surface area contributed by atoms with Crippen LogP contribution in [0.4, 0.5) is 5.69 Å². The zero-order valence-electron chi connectivity index (χ0n) is 10.7. The number of esters is 1. The zero-order valence-corrected chi connectivity index (χ0v) is 13.9. The zero-order chi connectivity index (χ0) is 15.1. The average Bonchev–Trinajstić information content (AvgIpc) is 2.37. The molecule has 8 heteroatoms. The van der Waals surface area contributed by atoms with Crippen LogP contribution in [0.1, 0.15) is 19.8 Å². The number of non-ortho nitro benzene ring substituents is 1. The third kappa shape index (κ3) is 5.09. The highest BCUT2D eigenvalue weighted by atomic mass is 79.9. The number of hydrogen-bond donors (Lipinski definition) is 0. The number of unbranched alkanes of at least 4 members (excludes halogenated alkanes) is 1. The number of ether oxygens (including phenoxy) is 2. The van der Waals surface area contributed by atoms with E-state index in [-0.39, 0.29) is 12.3 Å². The predicted octanol–water partition coefficient (Wildman–Crippen LogP) is 3.84. The van der Waals surface area contributed by atoms with Gasteiger partial charge in [-0.1, -0.05) is 13.3 Å². The second kappa shape index (κ2) is 8.21. The standard InChI is InChI=1S/C12H13Br2NO5/c1-2-3-4-19-11(16)7-20-12-9(13)5-8(15(17)18)6-10(12)14/h5-6H,2-4,7H2,1H3. The van der Waals surface area contributed by atoms with E-state index in [0.717, 1.165) is 12.8 Å². The van der Waals surface area contributed by atoms with Crippen molar-refractivity contribution in [2.45, 2.75) is 19.8 Å². The van der Waals surface area contributed by atoms with E-state index in [2.05, 4.69) is 31.9 Å². The van der Waals surface area contributed by atoms with Gasteiger partial charge >= 0.3 is 5.97 Å². The van der Waals surface area contributed by atoms with Gasteiger partial charge in [0, 0.05) is 12.1 Å². The summed E-state index contributed by atoms with van der Waals surface area (Å²) < 4.78 is 11.0. The van der Waals surface area contributed by atoms with E-state index in [1.54, 1.807) is 0 Å². The molecule has 6 nitrogen and oxygen atoms in total. The van der Waals surface area contributed by atoms with E-state index in [0.29, 0.717) is 21.3 Å². The minimum absolute atomic E-state index is 0.0818. The van der Waals surface area contributed by atoms with Gasteiger partial charge in [-0.3, -0.25) is 10.1 Å². The highest BCUT2D eigenvalue weighted by Crippen LogP contribution is 2.37. The number of nitro groups is 1. The van der Waals surface area contributed by atoms with Crippen molar-refractivity contribution in [3.63, 3.8) is 0 Å². The lowest BCUT2D eigenvalue weighted by molar-refractivity contribution is -0.385. The van der Waals surface area contributed by atoms with E-state index in [4.69, 9.17) is 9.47 Å². The van der Waals surface area contributed by atoms with E-state index >= 15 is 0 Å². The van der Waals surface area contributed by atoms with Crippen molar-refractivity contribution in [2.75, 3.05) is 13.2 Å². The van der Waals surface area contributed by atoms with Crippen molar-refractivity contribution in [1.82, 2.24) is 0 Å². The van der Waals surface area contributed by atoms with Crippen LogP contribution in [0.25, 0.3) is 0 Å². The number of hydrogen-bond acceptors (Lipinski definition) is 5. The third-order valence-corrected chi connectivity index (χ3v) is 3.47. The van der Waals surface area contributed by atoms with Crippen molar-refractivity contribution in [3.8, 4) is 5.75 Å². The van der Waals surface area contributed by atoms with Crippen LogP contribution in [-0.2, 0) is 9.53 Å². The Balaban J connectivity index is 2.64. The summed E-state index contributed by atoms with van der Waals surface area (Å²) in [4.78, 5) is 21.6. The molecule has 1 aromatic carbocycles. The van der Waals surface area contributed by atoms with Crippen LogP contribution >= 0.6 is 31.9 Å². The molecule has 0 fully saturated rings. The molecule has 0 saturated heterocycles. The minimum atomic E-state index is -0.516. The Morgan fingerprint density at radius 1 is 1.35 bits per heavy atom. The Kier molecular flexibility index (Phi) is 6.94. The first kappa shape index (κ1) is 16.9. The maximum absolute atomic E-state index is 11.4. The van der Waals surface area contributed by atoms with Crippen molar-refractivity contribution < 1.29 is 19.2 Å². The molecule has 0 aliphatic carbocycles. The lowest BCUT2D eigenvalue weighted by atomic mass is 10.3. The SMILES string of the molecule is CCCCOC(=O)COc1c(Br)cc([N+](=O)[O-])cc1Br. The van der Waals surface area contributed by atoms with Crippen LogP contribution in [-0.4, -0.2) is 24.1 Å². The molecule has 0 bridgehead atoms. The quantitative estimate of drug-likeness (QED) is 0.295. The summed E-state index contributed by atoms with van der Waals surface area (Å²) in [6, 6.07) is 2.62. The van der Waals surface area contributed by atoms with Crippen molar-refractivity contribution >= 4 is 43.5 Å². The molecular weight excluding hydrogens is 398 g/mol. The normalized spacial score (nSPS) is 10.2. The number of halogens is 2. The van der Waals surface area contributed by atoms with Gasteiger partial charge in [-0.05, 0) is 38.3 Å². The number of carbonyl (C=O) groups excluding carboxylic acids is 1. The summed E-state index contributed by atoms with van der Waals surface area (Å²) in [7, 11) is 0. The molecule has 0 spiro atoms. The average molecular weight is 411 g/mol. The molecule has 0 aromatic heterocycles. The lowest BCUT2D eigenvalue weighted by Crippen LogP contribution is -2.15. The van der Waals surface area contributed by atoms with Gasteiger partial charge < -0.3 is 9.47 Å². The van der Waals surface area contributed by atoms with Crippen LogP contribution in [0.15, 0.2) is 21.1 Å². The van der Waals surface area contributed by atoms with Gasteiger partial charge in [-0.15, -0.1) is 0 Å². The Morgan fingerprint density at radius 2 is 1.95 bits per heavy atom. The van der Waals surface area contributed by atoms with Gasteiger partial charge in [-0.2, -0.15) is 0 Å². The number of nitro benzene ring substituents is 1. The van der Waals surface area contributed by atoms with Crippen LogP contribution in [0.3, 0.4) is 0 Å². The van der Waals surface area contributed by atoms with Crippen molar-refractivity contribution in [3.05, 3.63) is 31.2 Å². The Bertz CT molecular complexity index is 484. The maximum atomic E-state index is 11.4. The van der Waals surface area contributed by atoms with Crippen LogP contribution in [0.2, 0.25) is 0 Å². The predicted molar refractivity (Wildman–Crippen MR) is 79.9 cm³/mol. The first-order valence-electron chi connectivity index (χ1n) is 5.87. The molecule has 110 valence electrons. The molecule has 1 aromatic rings. The second-order valence-corrected chi connectivity index (χ2v) is 5.57. The molecule has 0 aliphatic heterocycles. The minimum Gasteiger partial charge on any atom is -0.480 e. The van der Waals surface area contributed by atoms with E-state index in [1.165, 1.54) is 12.1 Å².